The summed E-state index contributed by atoms with van der Waals surface area (Å²) in [6.45, 7) is 4.11. The Morgan fingerprint density at radius 2 is 1.87 bits per heavy atom. The maximum Gasteiger partial charge on any atom is 0.168 e. The monoisotopic (exact) mass is 308 g/mol. The van der Waals surface area contributed by atoms with Gasteiger partial charge in [0.1, 0.15) is 5.75 Å². The number of methoxy groups -OCH3 is 1. The molecule has 0 amide bonds. The number of carbonyl (C=O) groups is 1. The van der Waals surface area contributed by atoms with Gasteiger partial charge in [-0.2, -0.15) is 0 Å². The fourth-order valence-electron chi connectivity index (χ4n) is 2.94. The molecule has 118 valence electrons. The van der Waals surface area contributed by atoms with Crippen LogP contribution in [0.2, 0.25) is 0 Å². The van der Waals surface area contributed by atoms with Crippen molar-refractivity contribution in [3.63, 3.8) is 0 Å². The average molecular weight is 308 g/mol. The highest BCUT2D eigenvalue weighted by molar-refractivity contribution is 6.17. The molecule has 0 saturated heterocycles. The number of hydrogen-bond acceptors (Lipinski definition) is 4. The second-order valence-electron chi connectivity index (χ2n) is 6.25. The van der Waals surface area contributed by atoms with Gasteiger partial charge in [0.15, 0.2) is 5.78 Å². The summed E-state index contributed by atoms with van der Waals surface area (Å²) in [5.74, 6) is 0.810. The van der Waals surface area contributed by atoms with E-state index in [9.17, 15) is 4.79 Å². The molecule has 0 bridgehead atoms. The highest BCUT2D eigenvalue weighted by atomic mass is 16.5. The Hall–Kier alpha value is -2.62. The molecule has 23 heavy (non-hydrogen) atoms. The van der Waals surface area contributed by atoms with Gasteiger partial charge < -0.3 is 10.5 Å². The SMILES string of the molecule is COc1ccc2c(c1)C(CC(=O)c1ccc(N)cc1)=NC2(C)C. The van der Waals surface area contributed by atoms with Gasteiger partial charge in [-0.05, 0) is 55.8 Å². The summed E-state index contributed by atoms with van der Waals surface area (Å²) >= 11 is 0. The predicted octanol–water partition coefficient (Wildman–Crippen LogP) is 3.59. The van der Waals surface area contributed by atoms with Crippen molar-refractivity contribution in [1.29, 1.82) is 0 Å². The minimum atomic E-state index is -0.321. The number of aliphatic imine (C=N–C) groups is 1. The Morgan fingerprint density at radius 3 is 2.52 bits per heavy atom. The van der Waals surface area contributed by atoms with E-state index in [1.54, 1.807) is 31.4 Å². The molecule has 4 heteroatoms. The number of ether oxygens (including phenoxy) is 1. The first kappa shape index (κ1) is 15.3. The number of Topliss-reactive ketones (excluding diaryl/α,β-unsaturated/α-hetero) is 1. The number of rotatable bonds is 4. The summed E-state index contributed by atoms with van der Waals surface area (Å²) in [6.07, 6.45) is 0.271. The zero-order valence-electron chi connectivity index (χ0n) is 13.6. The fraction of sp³-hybridized carbons (Fsp3) is 0.263. The number of nitrogen functional groups attached to an aromatic ring is 1. The molecule has 2 aromatic carbocycles. The van der Waals surface area contributed by atoms with Crippen LogP contribution in [0.1, 0.15) is 41.8 Å². The second-order valence-corrected chi connectivity index (χ2v) is 6.25. The molecule has 1 aliphatic rings. The quantitative estimate of drug-likeness (QED) is 0.693. The van der Waals surface area contributed by atoms with Gasteiger partial charge in [0.2, 0.25) is 0 Å². The Labute approximate surface area is 136 Å². The highest BCUT2D eigenvalue weighted by Crippen LogP contribution is 2.37. The van der Waals surface area contributed by atoms with E-state index in [0.29, 0.717) is 11.3 Å². The molecule has 2 aromatic rings. The van der Waals surface area contributed by atoms with Crippen molar-refractivity contribution in [2.75, 3.05) is 12.8 Å². The smallest absolute Gasteiger partial charge is 0.168 e. The number of nitrogens with two attached hydrogens (primary N) is 1. The van der Waals surface area contributed by atoms with E-state index in [1.807, 2.05) is 18.2 Å². The number of hydrogen-bond donors (Lipinski definition) is 1. The standard InChI is InChI=1S/C19H20N2O2/c1-19(2)16-9-8-14(23-3)10-15(16)17(21-19)11-18(22)12-4-6-13(20)7-5-12/h4-10H,11,20H2,1-3H3. The van der Waals surface area contributed by atoms with Crippen molar-refractivity contribution < 1.29 is 9.53 Å². The lowest BCUT2D eigenvalue weighted by molar-refractivity contribution is 0.100. The van der Waals surface area contributed by atoms with Crippen LogP contribution in [0.3, 0.4) is 0 Å². The van der Waals surface area contributed by atoms with Crippen LogP contribution < -0.4 is 10.5 Å². The topological polar surface area (TPSA) is 64.7 Å². The maximum atomic E-state index is 12.5. The van der Waals surface area contributed by atoms with E-state index in [4.69, 9.17) is 15.5 Å². The average Bonchev–Trinajstić information content (AvgIpc) is 2.78. The Balaban J connectivity index is 1.92. The molecule has 0 radical (unpaired) electrons. The van der Waals surface area contributed by atoms with Crippen molar-refractivity contribution in [2.24, 2.45) is 4.99 Å². The van der Waals surface area contributed by atoms with Crippen LogP contribution >= 0.6 is 0 Å². The first-order valence-corrected chi connectivity index (χ1v) is 7.57. The summed E-state index contributed by atoms with van der Waals surface area (Å²) < 4.78 is 5.30. The molecule has 3 rings (SSSR count). The molecule has 0 atom stereocenters. The van der Waals surface area contributed by atoms with Crippen LogP contribution in [0.25, 0.3) is 0 Å². The largest absolute Gasteiger partial charge is 0.497 e. The number of nitrogens with zero attached hydrogens (tertiary/aromatic N) is 1. The van der Waals surface area contributed by atoms with Crippen molar-refractivity contribution >= 4 is 17.2 Å². The van der Waals surface area contributed by atoms with Crippen LogP contribution in [0.4, 0.5) is 5.69 Å². The minimum Gasteiger partial charge on any atom is -0.497 e. The maximum absolute atomic E-state index is 12.5. The van der Waals surface area contributed by atoms with Gasteiger partial charge in [-0.1, -0.05) is 6.07 Å². The van der Waals surface area contributed by atoms with Crippen LogP contribution in [-0.4, -0.2) is 18.6 Å². The number of ketones is 1. The Kier molecular flexibility index (Phi) is 3.68. The molecular weight excluding hydrogens is 288 g/mol. The molecule has 0 aromatic heterocycles. The lowest BCUT2D eigenvalue weighted by Crippen LogP contribution is -2.10. The van der Waals surface area contributed by atoms with Gasteiger partial charge in [0, 0.05) is 16.8 Å². The molecular formula is C19H20N2O2. The number of carbonyl (C=O) groups excluding carboxylic acids is 1. The van der Waals surface area contributed by atoms with E-state index in [2.05, 4.69) is 13.8 Å². The molecule has 4 nitrogen and oxygen atoms in total. The van der Waals surface area contributed by atoms with E-state index >= 15 is 0 Å². The van der Waals surface area contributed by atoms with Crippen molar-refractivity contribution in [1.82, 2.24) is 0 Å². The first-order valence-electron chi connectivity index (χ1n) is 7.57. The third-order valence-corrected chi connectivity index (χ3v) is 4.17. The predicted molar refractivity (Wildman–Crippen MR) is 92.4 cm³/mol. The van der Waals surface area contributed by atoms with Crippen LogP contribution in [0.5, 0.6) is 5.75 Å². The molecule has 0 fully saturated rings. The summed E-state index contributed by atoms with van der Waals surface area (Å²) in [6, 6.07) is 12.9. The number of anilines is 1. The van der Waals surface area contributed by atoms with Gasteiger partial charge in [-0.15, -0.1) is 0 Å². The third-order valence-electron chi connectivity index (χ3n) is 4.17. The molecule has 0 saturated carbocycles. The zero-order chi connectivity index (χ0) is 16.6. The Morgan fingerprint density at radius 1 is 1.17 bits per heavy atom. The molecule has 0 aliphatic carbocycles. The summed E-state index contributed by atoms with van der Waals surface area (Å²) in [5, 5.41) is 0. The van der Waals surface area contributed by atoms with Gasteiger partial charge in [0.25, 0.3) is 0 Å². The van der Waals surface area contributed by atoms with Crippen LogP contribution in [-0.2, 0) is 5.54 Å². The van der Waals surface area contributed by atoms with Crippen LogP contribution in [0.15, 0.2) is 47.5 Å². The zero-order valence-corrected chi connectivity index (χ0v) is 13.6. The van der Waals surface area contributed by atoms with Crippen molar-refractivity contribution in [3.05, 3.63) is 59.2 Å². The fourth-order valence-corrected chi connectivity index (χ4v) is 2.94. The normalized spacial score (nSPS) is 15.0. The van der Waals surface area contributed by atoms with E-state index in [0.717, 1.165) is 22.6 Å². The third kappa shape index (κ3) is 2.84. The van der Waals surface area contributed by atoms with Gasteiger partial charge in [-0.25, -0.2) is 0 Å². The number of benzene rings is 2. The molecule has 0 unspecified atom stereocenters. The minimum absolute atomic E-state index is 0.0372. The van der Waals surface area contributed by atoms with E-state index in [1.165, 1.54) is 0 Å². The lowest BCUT2D eigenvalue weighted by atomic mass is 9.91. The molecule has 2 N–H and O–H groups in total. The molecule has 1 heterocycles. The first-order chi connectivity index (χ1) is 10.9. The van der Waals surface area contributed by atoms with Gasteiger partial charge in [-0.3, -0.25) is 9.79 Å². The molecule has 0 spiro atoms. The Bertz CT molecular complexity index is 790. The molecule has 1 aliphatic heterocycles. The summed E-state index contributed by atoms with van der Waals surface area (Å²) in [4.78, 5) is 17.3. The van der Waals surface area contributed by atoms with Gasteiger partial charge >= 0.3 is 0 Å². The number of fused-ring (bicyclic) bond motifs is 1. The van der Waals surface area contributed by atoms with Crippen LogP contribution in [0, 0.1) is 0 Å². The summed E-state index contributed by atoms with van der Waals surface area (Å²) in [5.41, 5.74) is 9.58. The summed E-state index contributed by atoms with van der Waals surface area (Å²) in [7, 11) is 1.64. The van der Waals surface area contributed by atoms with Crippen molar-refractivity contribution in [3.8, 4) is 5.75 Å². The highest BCUT2D eigenvalue weighted by Gasteiger charge is 2.32. The second kappa shape index (κ2) is 5.54. The van der Waals surface area contributed by atoms with E-state index in [-0.39, 0.29) is 17.7 Å². The van der Waals surface area contributed by atoms with Gasteiger partial charge in [0.05, 0.1) is 24.8 Å². The lowest BCUT2D eigenvalue weighted by Gasteiger charge is -2.16. The van der Waals surface area contributed by atoms with Crippen molar-refractivity contribution in [2.45, 2.75) is 25.8 Å². The van der Waals surface area contributed by atoms with E-state index < -0.39 is 0 Å².